The maximum absolute atomic E-state index is 13.0. The molecule has 2 heterocycles. The van der Waals surface area contributed by atoms with Gasteiger partial charge >= 0.3 is 0 Å². The lowest BCUT2D eigenvalue weighted by atomic mass is 9.77. The molecule has 3 fully saturated rings. The summed E-state index contributed by atoms with van der Waals surface area (Å²) in [4.78, 5) is 29.4. The van der Waals surface area contributed by atoms with Crippen LogP contribution in [0.4, 0.5) is 0 Å². The van der Waals surface area contributed by atoms with Gasteiger partial charge in [-0.1, -0.05) is 0 Å². The lowest BCUT2D eigenvalue weighted by Crippen LogP contribution is -2.44. The van der Waals surface area contributed by atoms with Gasteiger partial charge in [0.25, 0.3) is 5.91 Å². The fourth-order valence-corrected chi connectivity index (χ4v) is 4.42. The second-order valence-electron chi connectivity index (χ2n) is 8.25. The van der Waals surface area contributed by atoms with Crippen molar-refractivity contribution in [1.82, 2.24) is 9.80 Å². The number of amides is 2. The van der Waals surface area contributed by atoms with E-state index in [1.807, 2.05) is 4.90 Å². The smallest absolute Gasteiger partial charge is 0.257 e. The van der Waals surface area contributed by atoms with Gasteiger partial charge in [-0.25, -0.2) is 0 Å². The van der Waals surface area contributed by atoms with Crippen LogP contribution in [0.15, 0.2) is 18.2 Å². The molecule has 0 atom stereocenters. The van der Waals surface area contributed by atoms with E-state index in [1.54, 1.807) is 32.4 Å². The van der Waals surface area contributed by atoms with Crippen molar-refractivity contribution < 1.29 is 19.1 Å². The summed E-state index contributed by atoms with van der Waals surface area (Å²) in [5, 5.41) is 0. The summed E-state index contributed by atoms with van der Waals surface area (Å²) in [5.41, 5.74) is 0.624. The average Bonchev–Trinajstić information content (AvgIpc) is 3.45. The summed E-state index contributed by atoms with van der Waals surface area (Å²) in [5.74, 6) is 2.22. The van der Waals surface area contributed by atoms with Crippen LogP contribution in [0.25, 0.3) is 0 Å². The second-order valence-corrected chi connectivity index (χ2v) is 8.25. The molecule has 2 saturated heterocycles. The standard InChI is InChI=1S/C21H28N2O4/c1-26-16-5-6-17(18(11-16)27-2)20(25)22-9-7-21(8-10-22)12-19(24)23(14-21)13-15-3-4-15/h5-6,11,15H,3-4,7-10,12-14H2,1-2H3. The molecular weight excluding hydrogens is 344 g/mol. The van der Waals surface area contributed by atoms with Crippen molar-refractivity contribution in [3.8, 4) is 11.5 Å². The lowest BCUT2D eigenvalue weighted by Gasteiger charge is -2.39. The first-order valence-corrected chi connectivity index (χ1v) is 9.83. The molecule has 1 aromatic rings. The van der Waals surface area contributed by atoms with Crippen molar-refractivity contribution in [2.45, 2.75) is 32.1 Å². The quantitative estimate of drug-likeness (QED) is 0.797. The molecule has 6 heteroatoms. The number of hydrogen-bond acceptors (Lipinski definition) is 4. The van der Waals surface area contributed by atoms with Crippen LogP contribution in [0.2, 0.25) is 0 Å². The van der Waals surface area contributed by atoms with Crippen molar-refractivity contribution in [1.29, 1.82) is 0 Å². The van der Waals surface area contributed by atoms with Gasteiger partial charge in [-0.3, -0.25) is 9.59 Å². The highest BCUT2D eigenvalue weighted by atomic mass is 16.5. The number of benzene rings is 1. The second kappa shape index (κ2) is 7.06. The van der Waals surface area contributed by atoms with Crippen LogP contribution in [-0.4, -0.2) is 62.0 Å². The number of rotatable bonds is 5. The number of carbonyl (C=O) groups is 2. The van der Waals surface area contributed by atoms with Gasteiger partial charge in [-0.15, -0.1) is 0 Å². The first kappa shape index (κ1) is 18.1. The number of hydrogen-bond donors (Lipinski definition) is 0. The summed E-state index contributed by atoms with van der Waals surface area (Å²) in [6.45, 7) is 3.19. The lowest BCUT2D eigenvalue weighted by molar-refractivity contribution is -0.128. The predicted molar refractivity (Wildman–Crippen MR) is 101 cm³/mol. The van der Waals surface area contributed by atoms with Crippen LogP contribution < -0.4 is 9.47 Å². The first-order chi connectivity index (χ1) is 13.0. The van der Waals surface area contributed by atoms with E-state index in [1.165, 1.54) is 12.8 Å². The number of likely N-dealkylation sites (tertiary alicyclic amines) is 2. The third-order valence-electron chi connectivity index (χ3n) is 6.33. The van der Waals surface area contributed by atoms with Gasteiger partial charge in [-0.2, -0.15) is 0 Å². The number of piperidine rings is 1. The maximum Gasteiger partial charge on any atom is 0.257 e. The molecule has 1 aliphatic carbocycles. The van der Waals surface area contributed by atoms with E-state index < -0.39 is 0 Å². The van der Waals surface area contributed by atoms with E-state index >= 15 is 0 Å². The Morgan fingerprint density at radius 3 is 2.56 bits per heavy atom. The minimum absolute atomic E-state index is 0.0106. The van der Waals surface area contributed by atoms with Crippen molar-refractivity contribution >= 4 is 11.8 Å². The van der Waals surface area contributed by atoms with E-state index in [2.05, 4.69) is 4.90 Å². The Morgan fingerprint density at radius 1 is 1.19 bits per heavy atom. The van der Waals surface area contributed by atoms with Crippen molar-refractivity contribution in [3.05, 3.63) is 23.8 Å². The Kier molecular flexibility index (Phi) is 4.74. The molecule has 2 aliphatic heterocycles. The zero-order valence-corrected chi connectivity index (χ0v) is 16.2. The molecule has 1 aromatic carbocycles. The summed E-state index contributed by atoms with van der Waals surface area (Å²) in [6, 6.07) is 5.29. The zero-order chi connectivity index (χ0) is 19.0. The monoisotopic (exact) mass is 372 g/mol. The predicted octanol–water partition coefficient (Wildman–Crippen LogP) is 2.57. The average molecular weight is 372 g/mol. The highest BCUT2D eigenvalue weighted by Crippen LogP contribution is 2.43. The molecule has 0 bridgehead atoms. The molecule has 1 saturated carbocycles. The Balaban J connectivity index is 1.40. The van der Waals surface area contributed by atoms with E-state index in [-0.39, 0.29) is 11.3 Å². The molecule has 0 unspecified atom stereocenters. The molecule has 0 N–H and O–H groups in total. The van der Waals surface area contributed by atoms with Gasteiger partial charge in [0, 0.05) is 44.1 Å². The fraction of sp³-hybridized carbons (Fsp3) is 0.619. The van der Waals surface area contributed by atoms with Crippen molar-refractivity contribution in [2.75, 3.05) is 40.4 Å². The van der Waals surface area contributed by atoms with E-state index in [0.717, 1.165) is 31.8 Å². The fourth-order valence-electron chi connectivity index (χ4n) is 4.42. The Labute approximate surface area is 160 Å². The Morgan fingerprint density at radius 2 is 1.93 bits per heavy atom. The molecule has 2 amide bonds. The molecular formula is C21H28N2O4. The SMILES string of the molecule is COc1ccc(C(=O)N2CCC3(CC2)CC(=O)N(CC2CC2)C3)c(OC)c1. The number of carbonyl (C=O) groups excluding carboxylic acids is 2. The summed E-state index contributed by atoms with van der Waals surface area (Å²) < 4.78 is 10.6. The summed E-state index contributed by atoms with van der Waals surface area (Å²) in [6.07, 6.45) is 4.97. The van der Waals surface area contributed by atoms with E-state index in [0.29, 0.717) is 42.5 Å². The minimum Gasteiger partial charge on any atom is -0.497 e. The van der Waals surface area contributed by atoms with Gasteiger partial charge in [0.2, 0.25) is 5.91 Å². The van der Waals surface area contributed by atoms with Gasteiger partial charge in [-0.05, 0) is 43.7 Å². The first-order valence-electron chi connectivity index (χ1n) is 9.83. The molecule has 27 heavy (non-hydrogen) atoms. The number of methoxy groups -OCH3 is 2. The van der Waals surface area contributed by atoms with Crippen LogP contribution in [0.5, 0.6) is 11.5 Å². The molecule has 0 radical (unpaired) electrons. The highest BCUT2D eigenvalue weighted by Gasteiger charge is 2.46. The third-order valence-corrected chi connectivity index (χ3v) is 6.33. The topological polar surface area (TPSA) is 59.1 Å². The van der Waals surface area contributed by atoms with Crippen LogP contribution in [0.3, 0.4) is 0 Å². The maximum atomic E-state index is 13.0. The molecule has 1 spiro atoms. The molecule has 4 rings (SSSR count). The van der Waals surface area contributed by atoms with Crippen LogP contribution in [0.1, 0.15) is 42.5 Å². The van der Waals surface area contributed by atoms with Crippen LogP contribution in [-0.2, 0) is 4.79 Å². The summed E-state index contributed by atoms with van der Waals surface area (Å²) >= 11 is 0. The van der Waals surface area contributed by atoms with E-state index in [9.17, 15) is 9.59 Å². The Bertz CT molecular complexity index is 736. The summed E-state index contributed by atoms with van der Waals surface area (Å²) in [7, 11) is 3.16. The van der Waals surface area contributed by atoms with Gasteiger partial charge in [0.05, 0.1) is 19.8 Å². The highest BCUT2D eigenvalue weighted by molar-refractivity contribution is 5.97. The molecule has 0 aromatic heterocycles. The third kappa shape index (κ3) is 3.62. The van der Waals surface area contributed by atoms with Crippen molar-refractivity contribution in [3.63, 3.8) is 0 Å². The number of nitrogens with zero attached hydrogens (tertiary/aromatic N) is 2. The molecule has 6 nitrogen and oxygen atoms in total. The Hall–Kier alpha value is -2.24. The van der Waals surface area contributed by atoms with Gasteiger partial charge < -0.3 is 19.3 Å². The van der Waals surface area contributed by atoms with Crippen molar-refractivity contribution in [2.24, 2.45) is 11.3 Å². The number of ether oxygens (including phenoxy) is 2. The molecule has 3 aliphatic rings. The van der Waals surface area contributed by atoms with Gasteiger partial charge in [0.15, 0.2) is 0 Å². The van der Waals surface area contributed by atoms with E-state index in [4.69, 9.17) is 9.47 Å². The van der Waals surface area contributed by atoms with Gasteiger partial charge in [0.1, 0.15) is 11.5 Å². The normalized spacial score (nSPS) is 21.6. The van der Waals surface area contributed by atoms with Crippen LogP contribution >= 0.6 is 0 Å². The zero-order valence-electron chi connectivity index (χ0n) is 16.2. The molecule has 146 valence electrons. The van der Waals surface area contributed by atoms with Crippen LogP contribution in [0, 0.1) is 11.3 Å². The largest absolute Gasteiger partial charge is 0.497 e. The minimum atomic E-state index is -0.0106.